The molecule has 0 radical (unpaired) electrons. The fourth-order valence-corrected chi connectivity index (χ4v) is 0.611. The van der Waals surface area contributed by atoms with Crippen LogP contribution in [-0.2, 0) is 0 Å². The third-order valence-corrected chi connectivity index (χ3v) is 1.17. The lowest BCUT2D eigenvalue weighted by Gasteiger charge is -2.17. The Morgan fingerprint density at radius 2 is 2.43 bits per heavy atom. The van der Waals surface area contributed by atoms with Crippen molar-refractivity contribution in [2.75, 3.05) is 13.1 Å². The first-order valence-corrected chi connectivity index (χ1v) is 2.59. The number of rotatable bonds is 0. The van der Waals surface area contributed by atoms with Crippen LogP contribution in [0.2, 0.25) is 0 Å². The van der Waals surface area contributed by atoms with Crippen LogP contribution in [0.1, 0.15) is 0 Å². The maximum Gasteiger partial charge on any atom is 0.262 e. The molecular formula is C2H4BrN3O. The summed E-state index contributed by atoms with van der Waals surface area (Å²) in [5.41, 5.74) is 0. The van der Waals surface area contributed by atoms with Crippen LogP contribution in [0.4, 0.5) is 0 Å². The third-order valence-electron chi connectivity index (χ3n) is 0.673. The topological polar surface area (TPSA) is 47.8 Å². The van der Waals surface area contributed by atoms with Crippen molar-refractivity contribution in [3.63, 3.8) is 0 Å². The molecule has 0 saturated carbocycles. The lowest BCUT2D eigenvalue weighted by Crippen LogP contribution is -2.20. The van der Waals surface area contributed by atoms with Crippen molar-refractivity contribution in [3.8, 4) is 0 Å². The Morgan fingerprint density at radius 3 is 2.57 bits per heavy atom. The molecule has 0 aliphatic carbocycles. The molecule has 1 aliphatic rings. The first-order chi connectivity index (χ1) is 3.21. The molecule has 4 nitrogen and oxygen atoms in total. The van der Waals surface area contributed by atoms with E-state index >= 15 is 0 Å². The lowest BCUT2D eigenvalue weighted by atomic mass is 10.7. The molecule has 0 N–H and O–H groups in total. The van der Waals surface area contributed by atoms with Crippen molar-refractivity contribution in [2.45, 2.75) is 0 Å². The van der Waals surface area contributed by atoms with E-state index in [1.807, 2.05) is 0 Å². The molecule has 0 aromatic carbocycles. The van der Waals surface area contributed by atoms with Gasteiger partial charge in [-0.25, -0.2) is 0 Å². The number of hydroxylamine groups is 1. The molecule has 0 bridgehead atoms. The minimum Gasteiger partial charge on any atom is -0.593 e. The molecule has 1 rings (SSSR count). The Morgan fingerprint density at radius 1 is 1.71 bits per heavy atom. The minimum absolute atomic E-state index is 0.417. The van der Waals surface area contributed by atoms with E-state index in [1.54, 1.807) is 0 Å². The van der Waals surface area contributed by atoms with Crippen molar-refractivity contribution >= 4 is 16.1 Å². The van der Waals surface area contributed by atoms with Crippen molar-refractivity contribution < 1.29 is 3.78 Å². The smallest absolute Gasteiger partial charge is 0.262 e. The van der Waals surface area contributed by atoms with Crippen LogP contribution in [0.15, 0.2) is 10.3 Å². The van der Waals surface area contributed by atoms with Crippen LogP contribution in [0.3, 0.4) is 0 Å². The second-order valence-corrected chi connectivity index (χ2v) is 2.40. The summed E-state index contributed by atoms with van der Waals surface area (Å²) in [4.78, 5) is 0. The van der Waals surface area contributed by atoms with Gasteiger partial charge in [0, 0.05) is 5.22 Å². The molecule has 1 heterocycles. The van der Waals surface area contributed by atoms with Gasteiger partial charge in [-0.1, -0.05) is 0 Å². The molecule has 0 aromatic rings. The zero-order valence-corrected chi connectivity index (χ0v) is 5.13. The average Bonchev–Trinajstić information content (AvgIpc) is 1.84. The van der Waals surface area contributed by atoms with E-state index in [0.29, 0.717) is 13.1 Å². The van der Waals surface area contributed by atoms with Crippen LogP contribution in [0, 0.1) is 5.21 Å². The molecular weight excluding hydrogens is 162 g/mol. The maximum atomic E-state index is 10.5. The van der Waals surface area contributed by atoms with Crippen molar-refractivity contribution in [1.82, 2.24) is 0 Å². The summed E-state index contributed by atoms with van der Waals surface area (Å²) in [7, 11) is 0. The Balaban J connectivity index is 2.57. The van der Waals surface area contributed by atoms with Gasteiger partial charge in [-0.2, -0.15) is 0 Å². The molecule has 0 spiro atoms. The van der Waals surface area contributed by atoms with Crippen LogP contribution in [0.25, 0.3) is 0 Å². The normalized spacial score (nSPS) is 39.7. The lowest BCUT2D eigenvalue weighted by molar-refractivity contribution is -0.724. The van der Waals surface area contributed by atoms with Crippen LogP contribution in [0.5, 0.6) is 0 Å². The Bertz CT molecular complexity index is 101. The molecule has 0 amide bonds. The van der Waals surface area contributed by atoms with E-state index in [0.717, 1.165) is 0 Å². The molecule has 7 heavy (non-hydrogen) atoms. The highest BCUT2D eigenvalue weighted by molar-refractivity contribution is 9.05. The van der Waals surface area contributed by atoms with E-state index in [4.69, 9.17) is 0 Å². The van der Waals surface area contributed by atoms with E-state index < -0.39 is 3.78 Å². The summed E-state index contributed by atoms with van der Waals surface area (Å²) >= 11 is 2.76. The van der Waals surface area contributed by atoms with Gasteiger partial charge in [0.2, 0.25) is 0 Å². The maximum absolute atomic E-state index is 10.5. The Hall–Kier alpha value is -0.0000000000000000555. The van der Waals surface area contributed by atoms with Crippen LogP contribution in [-0.4, -0.2) is 16.9 Å². The number of nitrogens with zero attached hydrogens (tertiary/aromatic N) is 3. The van der Waals surface area contributed by atoms with Gasteiger partial charge in [-0.05, 0) is 0 Å². The summed E-state index contributed by atoms with van der Waals surface area (Å²) in [6, 6.07) is 0. The van der Waals surface area contributed by atoms with Gasteiger partial charge in [0.25, 0.3) is 16.1 Å². The average molecular weight is 166 g/mol. The summed E-state index contributed by atoms with van der Waals surface area (Å²) in [5, 5.41) is 17.3. The fraction of sp³-hybridized carbons (Fsp3) is 1.00. The molecule has 0 fully saturated rings. The first kappa shape index (κ1) is 5.14. The summed E-state index contributed by atoms with van der Waals surface area (Å²) in [6.45, 7) is 0.953. The predicted molar refractivity (Wildman–Crippen MR) is 27.1 cm³/mol. The van der Waals surface area contributed by atoms with Crippen molar-refractivity contribution in [2.24, 2.45) is 10.3 Å². The van der Waals surface area contributed by atoms with Gasteiger partial charge in [0.05, 0.1) is 0 Å². The molecule has 0 aromatic heterocycles. The Labute approximate surface area is 49.3 Å². The third kappa shape index (κ3) is 1.19. The van der Waals surface area contributed by atoms with E-state index in [-0.39, 0.29) is 0 Å². The second-order valence-electron chi connectivity index (χ2n) is 1.29. The van der Waals surface area contributed by atoms with Gasteiger partial charge in [0.15, 0.2) is 0 Å². The Kier molecular flexibility index (Phi) is 1.10. The monoisotopic (exact) mass is 165 g/mol. The SMILES string of the molecule is [O-][N+]1(Br)CCN=N1. The highest BCUT2D eigenvalue weighted by atomic mass is 79.9. The van der Waals surface area contributed by atoms with Gasteiger partial charge >= 0.3 is 0 Å². The summed E-state index contributed by atoms with van der Waals surface area (Å²) < 4.78 is -0.729. The number of hydrogen-bond acceptors (Lipinski definition) is 3. The van der Waals surface area contributed by atoms with Gasteiger partial charge in [0.1, 0.15) is 13.1 Å². The van der Waals surface area contributed by atoms with Gasteiger partial charge < -0.3 is 5.21 Å². The molecule has 1 aliphatic heterocycles. The van der Waals surface area contributed by atoms with E-state index in [9.17, 15) is 5.21 Å². The van der Waals surface area contributed by atoms with Gasteiger partial charge in [-0.3, -0.25) is 0 Å². The largest absolute Gasteiger partial charge is 0.593 e. The summed E-state index contributed by atoms with van der Waals surface area (Å²) in [5.74, 6) is 0. The van der Waals surface area contributed by atoms with Gasteiger partial charge in [-0.15, -0.1) is 8.90 Å². The number of hydrogen-bond donors (Lipinski definition) is 0. The zero-order chi connectivity index (χ0) is 5.33. The highest BCUT2D eigenvalue weighted by Crippen LogP contribution is 2.17. The molecule has 1 atom stereocenters. The molecule has 1 unspecified atom stereocenters. The van der Waals surface area contributed by atoms with Crippen LogP contribution < -0.4 is 0 Å². The number of halogens is 1. The minimum atomic E-state index is -0.729. The van der Waals surface area contributed by atoms with E-state index in [2.05, 4.69) is 26.5 Å². The molecule has 0 saturated heterocycles. The first-order valence-electron chi connectivity index (χ1n) is 1.88. The van der Waals surface area contributed by atoms with Crippen molar-refractivity contribution in [1.29, 1.82) is 0 Å². The predicted octanol–water partition coefficient (Wildman–Crippen LogP) is 0.992. The second kappa shape index (κ2) is 1.50. The standard InChI is InChI=1S/C2H4BrN3O/c3-6(7)2-1-4-5-6/h1-2H2. The van der Waals surface area contributed by atoms with E-state index in [1.165, 1.54) is 0 Å². The molecule has 40 valence electrons. The zero-order valence-electron chi connectivity index (χ0n) is 3.54. The quantitative estimate of drug-likeness (QED) is 0.391. The van der Waals surface area contributed by atoms with Crippen molar-refractivity contribution in [3.05, 3.63) is 5.21 Å². The van der Waals surface area contributed by atoms with Crippen LogP contribution >= 0.6 is 16.1 Å². The fourth-order valence-electron chi connectivity index (χ4n) is 0.352. The summed E-state index contributed by atoms with van der Waals surface area (Å²) in [6.07, 6.45) is 0. The highest BCUT2D eigenvalue weighted by Gasteiger charge is 2.17. The number of quaternary nitrogens is 1. The molecule has 5 heteroatoms.